The SMILES string of the molecule is Cc1cc(C)cc(CN2CCCN(c3ccc(C)cc3NS(=O)(=O)c3ccc(Cl)cc3)C2=O)c1. The predicted molar refractivity (Wildman–Crippen MR) is 137 cm³/mol. The molecule has 1 N–H and O–H groups in total. The van der Waals surface area contributed by atoms with Crippen LogP contribution in [0.15, 0.2) is 65.6 Å². The Balaban J connectivity index is 1.62. The average Bonchev–Trinajstić information content (AvgIpc) is 2.75. The summed E-state index contributed by atoms with van der Waals surface area (Å²) in [5, 5.41) is 0.456. The molecule has 6 nitrogen and oxygen atoms in total. The molecule has 34 heavy (non-hydrogen) atoms. The second-order valence-corrected chi connectivity index (χ2v) is 10.9. The average molecular weight is 498 g/mol. The fourth-order valence-corrected chi connectivity index (χ4v) is 5.51. The first kappa shape index (κ1) is 24.1. The van der Waals surface area contributed by atoms with Gasteiger partial charge in [-0.05, 0) is 74.7 Å². The molecule has 3 aromatic carbocycles. The van der Waals surface area contributed by atoms with Crippen LogP contribution < -0.4 is 9.62 Å². The molecule has 1 fully saturated rings. The monoisotopic (exact) mass is 497 g/mol. The fourth-order valence-electron chi connectivity index (χ4n) is 4.32. The third-order valence-corrected chi connectivity index (χ3v) is 7.41. The van der Waals surface area contributed by atoms with Gasteiger partial charge in [0.15, 0.2) is 0 Å². The van der Waals surface area contributed by atoms with Gasteiger partial charge < -0.3 is 4.90 Å². The highest BCUT2D eigenvalue weighted by Gasteiger charge is 2.29. The van der Waals surface area contributed by atoms with Crippen molar-refractivity contribution in [2.75, 3.05) is 22.7 Å². The maximum atomic E-state index is 13.5. The Morgan fingerprint density at radius 3 is 2.24 bits per heavy atom. The van der Waals surface area contributed by atoms with Gasteiger partial charge in [0.2, 0.25) is 0 Å². The molecule has 2 amide bonds. The van der Waals surface area contributed by atoms with Crippen molar-refractivity contribution in [2.24, 2.45) is 0 Å². The number of halogens is 1. The van der Waals surface area contributed by atoms with Crippen LogP contribution in [0.25, 0.3) is 0 Å². The molecule has 0 aliphatic carbocycles. The molecule has 0 saturated carbocycles. The maximum Gasteiger partial charge on any atom is 0.324 e. The normalized spacial score (nSPS) is 14.4. The Morgan fingerprint density at radius 2 is 1.56 bits per heavy atom. The van der Waals surface area contributed by atoms with Gasteiger partial charge in [0.25, 0.3) is 10.0 Å². The van der Waals surface area contributed by atoms with E-state index in [1.165, 1.54) is 24.3 Å². The van der Waals surface area contributed by atoms with Crippen molar-refractivity contribution in [3.8, 4) is 0 Å². The van der Waals surface area contributed by atoms with Crippen LogP contribution in [0.2, 0.25) is 5.02 Å². The number of urea groups is 1. The molecule has 0 spiro atoms. The number of anilines is 2. The van der Waals surface area contributed by atoms with E-state index in [0.717, 1.165) is 28.7 Å². The van der Waals surface area contributed by atoms with Gasteiger partial charge in [-0.3, -0.25) is 9.62 Å². The summed E-state index contributed by atoms with van der Waals surface area (Å²) >= 11 is 5.91. The molecule has 4 rings (SSSR count). The number of carbonyl (C=O) groups excluding carboxylic acids is 1. The Bertz CT molecular complexity index is 1300. The Hall–Kier alpha value is -3.03. The smallest absolute Gasteiger partial charge is 0.320 e. The van der Waals surface area contributed by atoms with Crippen molar-refractivity contribution in [2.45, 2.75) is 38.6 Å². The number of amides is 2. The second kappa shape index (κ2) is 9.68. The van der Waals surface area contributed by atoms with Gasteiger partial charge in [-0.25, -0.2) is 13.2 Å². The van der Waals surface area contributed by atoms with E-state index in [9.17, 15) is 13.2 Å². The maximum absolute atomic E-state index is 13.5. The summed E-state index contributed by atoms with van der Waals surface area (Å²) in [6.45, 7) is 7.66. The molecule has 0 aromatic heterocycles. The van der Waals surface area contributed by atoms with Crippen molar-refractivity contribution in [3.05, 3.63) is 87.9 Å². The van der Waals surface area contributed by atoms with E-state index in [4.69, 9.17) is 11.6 Å². The highest BCUT2D eigenvalue weighted by Crippen LogP contribution is 2.32. The lowest BCUT2D eigenvalue weighted by molar-refractivity contribution is 0.192. The van der Waals surface area contributed by atoms with E-state index in [1.54, 1.807) is 17.0 Å². The van der Waals surface area contributed by atoms with Gasteiger partial charge in [0.05, 0.1) is 16.3 Å². The van der Waals surface area contributed by atoms with E-state index in [2.05, 4.69) is 22.9 Å². The molecule has 1 aliphatic heterocycles. The van der Waals surface area contributed by atoms with Crippen molar-refractivity contribution >= 4 is 39.0 Å². The molecule has 1 heterocycles. The summed E-state index contributed by atoms with van der Waals surface area (Å²) in [6, 6.07) is 17.6. The van der Waals surface area contributed by atoms with Crippen LogP contribution in [0.3, 0.4) is 0 Å². The summed E-state index contributed by atoms with van der Waals surface area (Å²) in [7, 11) is -3.86. The van der Waals surface area contributed by atoms with Crippen LogP contribution in [0, 0.1) is 20.8 Å². The number of hydrogen-bond donors (Lipinski definition) is 1. The molecular formula is C26H28ClN3O3S. The number of sulfonamides is 1. The minimum Gasteiger partial charge on any atom is -0.320 e. The molecule has 0 bridgehead atoms. The Morgan fingerprint density at radius 1 is 0.882 bits per heavy atom. The molecule has 1 saturated heterocycles. The van der Waals surface area contributed by atoms with Gasteiger partial charge in [-0.2, -0.15) is 0 Å². The van der Waals surface area contributed by atoms with E-state index >= 15 is 0 Å². The van der Waals surface area contributed by atoms with Crippen molar-refractivity contribution in [3.63, 3.8) is 0 Å². The van der Waals surface area contributed by atoms with Crippen molar-refractivity contribution < 1.29 is 13.2 Å². The molecule has 1 aliphatic rings. The van der Waals surface area contributed by atoms with Crippen LogP contribution in [-0.4, -0.2) is 32.4 Å². The number of hydrogen-bond acceptors (Lipinski definition) is 3. The molecule has 0 unspecified atom stereocenters. The molecule has 0 radical (unpaired) electrons. The second-order valence-electron chi connectivity index (χ2n) is 8.79. The quantitative estimate of drug-likeness (QED) is 0.461. The standard InChI is InChI=1S/C26H28ClN3O3S/c1-18-5-10-25(24(16-18)28-34(32,33)23-8-6-22(27)7-9-23)30-12-4-11-29(26(30)31)17-21-14-19(2)13-20(3)15-21/h5-10,13-16,28H,4,11-12,17H2,1-3H3. The molecule has 8 heteroatoms. The highest BCUT2D eigenvalue weighted by molar-refractivity contribution is 7.92. The van der Waals surface area contributed by atoms with Crippen LogP contribution in [0.5, 0.6) is 0 Å². The summed E-state index contributed by atoms with van der Waals surface area (Å²) in [4.78, 5) is 17.0. The van der Waals surface area contributed by atoms with Gasteiger partial charge >= 0.3 is 6.03 Å². The summed E-state index contributed by atoms with van der Waals surface area (Å²) in [5.41, 5.74) is 5.20. The van der Waals surface area contributed by atoms with E-state index in [-0.39, 0.29) is 10.9 Å². The van der Waals surface area contributed by atoms with Gasteiger partial charge in [-0.15, -0.1) is 0 Å². The highest BCUT2D eigenvalue weighted by atomic mass is 35.5. The first-order valence-electron chi connectivity index (χ1n) is 11.1. The molecule has 0 atom stereocenters. The lowest BCUT2D eigenvalue weighted by Crippen LogP contribution is -2.49. The zero-order valence-corrected chi connectivity index (χ0v) is 21.1. The lowest BCUT2D eigenvalue weighted by atomic mass is 10.1. The van der Waals surface area contributed by atoms with Crippen LogP contribution in [0.4, 0.5) is 16.2 Å². The van der Waals surface area contributed by atoms with E-state index < -0.39 is 10.0 Å². The third kappa shape index (κ3) is 5.37. The number of benzene rings is 3. The first-order chi connectivity index (χ1) is 16.1. The van der Waals surface area contributed by atoms with Crippen molar-refractivity contribution in [1.82, 2.24) is 4.90 Å². The summed E-state index contributed by atoms with van der Waals surface area (Å²) in [6.07, 6.45) is 0.786. The van der Waals surface area contributed by atoms with Crippen LogP contribution in [0.1, 0.15) is 28.7 Å². The summed E-state index contributed by atoms with van der Waals surface area (Å²) in [5.74, 6) is 0. The fraction of sp³-hybridized carbons (Fsp3) is 0.269. The number of aryl methyl sites for hydroxylation is 3. The zero-order valence-electron chi connectivity index (χ0n) is 19.5. The minimum absolute atomic E-state index is 0.103. The number of nitrogens with one attached hydrogen (secondary N) is 1. The van der Waals surface area contributed by atoms with Gasteiger partial charge in [0, 0.05) is 24.7 Å². The van der Waals surface area contributed by atoms with Crippen LogP contribution in [-0.2, 0) is 16.6 Å². The van der Waals surface area contributed by atoms with Gasteiger partial charge in [-0.1, -0.05) is 47.0 Å². The topological polar surface area (TPSA) is 69.7 Å². The Kier molecular flexibility index (Phi) is 6.86. The number of rotatable bonds is 6. The summed E-state index contributed by atoms with van der Waals surface area (Å²) < 4.78 is 28.8. The minimum atomic E-state index is -3.86. The van der Waals surface area contributed by atoms with E-state index in [0.29, 0.717) is 36.0 Å². The predicted octanol–water partition coefficient (Wildman–Crippen LogP) is 5.90. The zero-order chi connectivity index (χ0) is 24.5. The van der Waals surface area contributed by atoms with Crippen molar-refractivity contribution in [1.29, 1.82) is 0 Å². The largest absolute Gasteiger partial charge is 0.324 e. The molecular weight excluding hydrogens is 470 g/mol. The third-order valence-electron chi connectivity index (χ3n) is 5.78. The molecule has 178 valence electrons. The van der Waals surface area contributed by atoms with E-state index in [1.807, 2.05) is 31.7 Å². The Labute approximate surface area is 206 Å². The van der Waals surface area contributed by atoms with Crippen LogP contribution >= 0.6 is 11.6 Å². The molecule has 3 aromatic rings. The lowest BCUT2D eigenvalue weighted by Gasteiger charge is -2.36. The number of nitrogens with zero attached hydrogens (tertiary/aromatic N) is 2. The number of carbonyl (C=O) groups is 1. The first-order valence-corrected chi connectivity index (χ1v) is 13.0. The van der Waals surface area contributed by atoms with Gasteiger partial charge in [0.1, 0.15) is 0 Å².